The largest absolute Gasteiger partial charge is 0.399 e. The highest BCUT2D eigenvalue weighted by Crippen LogP contribution is 2.28. The number of anilines is 1. The molecular weight excluding hydrogens is 242 g/mol. The van der Waals surface area contributed by atoms with Gasteiger partial charge < -0.3 is 5.73 Å². The van der Waals surface area contributed by atoms with Gasteiger partial charge >= 0.3 is 0 Å². The zero-order valence-corrected chi connectivity index (χ0v) is 11.5. The molecule has 0 aliphatic carbocycles. The lowest BCUT2D eigenvalue weighted by Crippen LogP contribution is -1.86. The Kier molecular flexibility index (Phi) is 3.26. The van der Waals surface area contributed by atoms with E-state index in [9.17, 15) is 0 Å². The Morgan fingerprint density at radius 2 is 1.30 bits per heavy atom. The van der Waals surface area contributed by atoms with E-state index in [2.05, 4.69) is 61.5 Å². The molecule has 0 amide bonds. The van der Waals surface area contributed by atoms with Crippen molar-refractivity contribution in [1.29, 1.82) is 0 Å². The molecule has 0 heterocycles. The van der Waals surface area contributed by atoms with Crippen molar-refractivity contribution in [3.63, 3.8) is 0 Å². The fraction of sp³-hybridized carbons (Fsp3) is 0.0526. The fourth-order valence-electron chi connectivity index (χ4n) is 2.48. The quantitative estimate of drug-likeness (QED) is 0.650. The van der Waals surface area contributed by atoms with Gasteiger partial charge in [0.15, 0.2) is 0 Å². The highest BCUT2D eigenvalue weighted by Gasteiger charge is 2.03. The Balaban J connectivity index is 2.09. The second-order valence-corrected chi connectivity index (χ2v) is 5.02. The molecule has 0 aliphatic heterocycles. The van der Waals surface area contributed by atoms with Crippen LogP contribution in [0.15, 0.2) is 72.8 Å². The third-order valence-electron chi connectivity index (χ3n) is 3.54. The summed E-state index contributed by atoms with van der Waals surface area (Å²) in [6.45, 7) is 2.14. The smallest absolute Gasteiger partial charge is 0.0320 e. The molecule has 98 valence electrons. The van der Waals surface area contributed by atoms with Gasteiger partial charge in [-0.15, -0.1) is 0 Å². The van der Waals surface area contributed by atoms with Crippen LogP contribution in [0.1, 0.15) is 5.56 Å². The average molecular weight is 259 g/mol. The number of nitrogen functional groups attached to an aromatic ring is 1. The van der Waals surface area contributed by atoms with Crippen molar-refractivity contribution in [2.45, 2.75) is 6.92 Å². The van der Waals surface area contributed by atoms with Gasteiger partial charge in [0.25, 0.3) is 0 Å². The lowest BCUT2D eigenvalue weighted by atomic mass is 9.96. The summed E-state index contributed by atoms with van der Waals surface area (Å²) in [6.07, 6.45) is 0. The predicted molar refractivity (Wildman–Crippen MR) is 86.5 cm³/mol. The summed E-state index contributed by atoms with van der Waals surface area (Å²) >= 11 is 0. The van der Waals surface area contributed by atoms with Crippen molar-refractivity contribution < 1.29 is 0 Å². The highest BCUT2D eigenvalue weighted by atomic mass is 14.5. The Labute approximate surface area is 119 Å². The molecule has 0 saturated heterocycles. The van der Waals surface area contributed by atoms with E-state index in [1.54, 1.807) is 0 Å². The summed E-state index contributed by atoms with van der Waals surface area (Å²) < 4.78 is 0. The molecule has 3 rings (SSSR count). The lowest BCUT2D eigenvalue weighted by Gasteiger charge is -2.09. The van der Waals surface area contributed by atoms with Gasteiger partial charge in [0.1, 0.15) is 0 Å². The van der Waals surface area contributed by atoms with E-state index < -0.39 is 0 Å². The molecule has 0 bridgehead atoms. The van der Waals surface area contributed by atoms with E-state index in [0.717, 1.165) is 11.3 Å². The van der Waals surface area contributed by atoms with E-state index in [1.165, 1.54) is 22.3 Å². The van der Waals surface area contributed by atoms with Gasteiger partial charge in [0.2, 0.25) is 0 Å². The molecule has 0 radical (unpaired) electrons. The second kappa shape index (κ2) is 5.22. The Hall–Kier alpha value is -2.54. The molecule has 0 aliphatic rings. The minimum Gasteiger partial charge on any atom is -0.399 e. The van der Waals surface area contributed by atoms with E-state index in [0.29, 0.717) is 0 Å². The third kappa shape index (κ3) is 2.43. The molecule has 0 fully saturated rings. The predicted octanol–water partition coefficient (Wildman–Crippen LogP) is 4.91. The maximum Gasteiger partial charge on any atom is 0.0320 e. The molecule has 0 spiro atoms. The highest BCUT2D eigenvalue weighted by molar-refractivity contribution is 5.75. The summed E-state index contributed by atoms with van der Waals surface area (Å²) in [7, 11) is 0. The van der Waals surface area contributed by atoms with Crippen LogP contribution in [0.25, 0.3) is 22.3 Å². The standard InChI is InChI=1S/C19H17N/c1-14-6-2-3-11-19(14)17-9-4-7-15(12-17)16-8-5-10-18(20)13-16/h2-13H,20H2,1H3. The van der Waals surface area contributed by atoms with Crippen LogP contribution in [0, 0.1) is 6.92 Å². The molecule has 0 unspecified atom stereocenters. The fourth-order valence-corrected chi connectivity index (χ4v) is 2.48. The van der Waals surface area contributed by atoms with Gasteiger partial charge in [0, 0.05) is 5.69 Å². The minimum atomic E-state index is 0.795. The summed E-state index contributed by atoms with van der Waals surface area (Å²) in [5, 5.41) is 0. The van der Waals surface area contributed by atoms with Crippen molar-refractivity contribution in [2.75, 3.05) is 5.73 Å². The van der Waals surface area contributed by atoms with Gasteiger partial charge in [-0.3, -0.25) is 0 Å². The summed E-state index contributed by atoms with van der Waals surface area (Å²) in [4.78, 5) is 0. The van der Waals surface area contributed by atoms with Crippen LogP contribution in [-0.2, 0) is 0 Å². The van der Waals surface area contributed by atoms with Crippen LogP contribution < -0.4 is 5.73 Å². The maximum absolute atomic E-state index is 5.87. The monoisotopic (exact) mass is 259 g/mol. The van der Waals surface area contributed by atoms with Crippen molar-refractivity contribution in [3.8, 4) is 22.3 Å². The van der Waals surface area contributed by atoms with Gasteiger partial charge in [-0.2, -0.15) is 0 Å². The van der Waals surface area contributed by atoms with Gasteiger partial charge in [-0.25, -0.2) is 0 Å². The molecule has 1 heteroatoms. The number of rotatable bonds is 2. The van der Waals surface area contributed by atoms with Crippen LogP contribution in [0.3, 0.4) is 0 Å². The number of nitrogens with two attached hydrogens (primary N) is 1. The van der Waals surface area contributed by atoms with Crippen molar-refractivity contribution in [1.82, 2.24) is 0 Å². The SMILES string of the molecule is Cc1ccccc1-c1cccc(-c2cccc(N)c2)c1. The van der Waals surface area contributed by atoms with E-state index >= 15 is 0 Å². The van der Waals surface area contributed by atoms with Crippen LogP contribution in [0.5, 0.6) is 0 Å². The van der Waals surface area contributed by atoms with Gasteiger partial charge in [0.05, 0.1) is 0 Å². The number of aryl methyl sites for hydroxylation is 1. The molecule has 2 N–H and O–H groups in total. The van der Waals surface area contributed by atoms with Crippen LogP contribution >= 0.6 is 0 Å². The second-order valence-electron chi connectivity index (χ2n) is 5.02. The Bertz CT molecular complexity index is 744. The normalized spacial score (nSPS) is 10.4. The summed E-state index contributed by atoms with van der Waals surface area (Å²) in [5.74, 6) is 0. The molecule has 3 aromatic rings. The Morgan fingerprint density at radius 1 is 0.650 bits per heavy atom. The lowest BCUT2D eigenvalue weighted by molar-refractivity contribution is 1.46. The van der Waals surface area contributed by atoms with E-state index in [1.807, 2.05) is 18.2 Å². The molecule has 0 saturated carbocycles. The van der Waals surface area contributed by atoms with Crippen LogP contribution in [0.4, 0.5) is 5.69 Å². The van der Waals surface area contributed by atoms with E-state index in [4.69, 9.17) is 5.73 Å². The molecule has 20 heavy (non-hydrogen) atoms. The van der Waals surface area contributed by atoms with Crippen LogP contribution in [0.2, 0.25) is 0 Å². The molecule has 3 aromatic carbocycles. The topological polar surface area (TPSA) is 26.0 Å². The maximum atomic E-state index is 5.87. The zero-order chi connectivity index (χ0) is 13.9. The number of benzene rings is 3. The molecule has 1 nitrogen and oxygen atoms in total. The Morgan fingerprint density at radius 3 is 2.05 bits per heavy atom. The number of hydrogen-bond donors (Lipinski definition) is 1. The van der Waals surface area contributed by atoms with Crippen molar-refractivity contribution in [3.05, 3.63) is 78.4 Å². The average Bonchev–Trinajstić information content (AvgIpc) is 2.48. The minimum absolute atomic E-state index is 0.795. The molecular formula is C19H17N. The van der Waals surface area contributed by atoms with Gasteiger partial charge in [-0.1, -0.05) is 54.6 Å². The van der Waals surface area contributed by atoms with E-state index in [-0.39, 0.29) is 0 Å². The number of hydrogen-bond acceptors (Lipinski definition) is 1. The van der Waals surface area contributed by atoms with Gasteiger partial charge in [-0.05, 0) is 52.9 Å². The summed E-state index contributed by atoms with van der Waals surface area (Å²) in [5.41, 5.74) is 12.8. The molecule has 0 aromatic heterocycles. The first-order chi connectivity index (χ1) is 9.74. The first-order valence-electron chi connectivity index (χ1n) is 6.76. The summed E-state index contributed by atoms with van der Waals surface area (Å²) in [6, 6.07) is 25.0. The first kappa shape index (κ1) is 12.5. The molecule has 0 atom stereocenters. The van der Waals surface area contributed by atoms with Crippen LogP contribution in [-0.4, -0.2) is 0 Å². The first-order valence-corrected chi connectivity index (χ1v) is 6.76. The third-order valence-corrected chi connectivity index (χ3v) is 3.54. The zero-order valence-electron chi connectivity index (χ0n) is 11.5. The van der Waals surface area contributed by atoms with Crippen molar-refractivity contribution in [2.24, 2.45) is 0 Å². The van der Waals surface area contributed by atoms with Crippen molar-refractivity contribution >= 4 is 5.69 Å².